The second-order valence-electron chi connectivity index (χ2n) is 6.44. The van der Waals surface area contributed by atoms with Gasteiger partial charge in [0.25, 0.3) is 0 Å². The Morgan fingerprint density at radius 2 is 1.87 bits per heavy atom. The molecule has 0 amide bonds. The lowest BCUT2D eigenvalue weighted by atomic mass is 9.97. The van der Waals surface area contributed by atoms with Crippen LogP contribution in [-0.2, 0) is 19.1 Å². The normalized spacial score (nSPS) is 20.9. The van der Waals surface area contributed by atoms with E-state index in [9.17, 15) is 27.9 Å². The number of aliphatic hydroxyl groups excluding tert-OH is 1. The maximum atomic E-state index is 13.0. The van der Waals surface area contributed by atoms with Crippen molar-refractivity contribution in [1.82, 2.24) is 0 Å². The van der Waals surface area contributed by atoms with Crippen LogP contribution in [0.4, 0.5) is 18.9 Å². The van der Waals surface area contributed by atoms with Crippen molar-refractivity contribution in [3.63, 3.8) is 0 Å². The number of esters is 2. The van der Waals surface area contributed by atoms with Gasteiger partial charge in [-0.05, 0) is 30.4 Å². The van der Waals surface area contributed by atoms with E-state index in [-0.39, 0.29) is 22.6 Å². The Kier molecular flexibility index (Phi) is 5.88. The van der Waals surface area contributed by atoms with Gasteiger partial charge in [-0.3, -0.25) is 0 Å². The van der Waals surface area contributed by atoms with E-state index in [4.69, 9.17) is 14.2 Å². The van der Waals surface area contributed by atoms with Gasteiger partial charge >= 0.3 is 18.1 Å². The number of allylic oxidation sites excluding steroid dienone is 2. The van der Waals surface area contributed by atoms with Gasteiger partial charge in [-0.25, -0.2) is 9.59 Å². The van der Waals surface area contributed by atoms with Gasteiger partial charge in [0.15, 0.2) is 6.10 Å². The van der Waals surface area contributed by atoms with E-state index in [0.717, 1.165) is 14.2 Å². The predicted octanol–water partition coefficient (Wildman–Crippen LogP) is 2.92. The van der Waals surface area contributed by atoms with Crippen LogP contribution in [0.3, 0.4) is 0 Å². The summed E-state index contributed by atoms with van der Waals surface area (Å²) in [7, 11) is 2.30. The summed E-state index contributed by atoms with van der Waals surface area (Å²) >= 11 is 0. The molecule has 30 heavy (non-hydrogen) atoms. The molecule has 1 N–H and O–H groups in total. The van der Waals surface area contributed by atoms with E-state index >= 15 is 0 Å². The molecule has 0 aliphatic carbocycles. The number of carbonyl (C=O) groups excluding carboxylic acids is 2. The summed E-state index contributed by atoms with van der Waals surface area (Å²) in [4.78, 5) is 25.9. The van der Waals surface area contributed by atoms with Crippen molar-refractivity contribution < 1.29 is 42.1 Å². The Morgan fingerprint density at radius 3 is 2.50 bits per heavy atom. The van der Waals surface area contributed by atoms with Crippen molar-refractivity contribution in [3.05, 3.63) is 59.5 Å². The monoisotopic (exact) mass is 425 g/mol. The van der Waals surface area contributed by atoms with Crippen molar-refractivity contribution in [2.75, 3.05) is 19.1 Å². The molecule has 3 rings (SSSR count). The summed E-state index contributed by atoms with van der Waals surface area (Å²) in [5.41, 5.74) is 0.181. The first-order chi connectivity index (χ1) is 14.2. The fourth-order valence-corrected chi connectivity index (χ4v) is 3.15. The van der Waals surface area contributed by atoms with Crippen molar-refractivity contribution in [2.24, 2.45) is 0 Å². The van der Waals surface area contributed by atoms with E-state index in [1.165, 1.54) is 41.5 Å². The van der Waals surface area contributed by atoms with Crippen LogP contribution in [0.1, 0.15) is 18.1 Å². The first-order valence-electron chi connectivity index (χ1n) is 8.77. The molecule has 10 heteroatoms. The molecule has 2 heterocycles. The number of fused-ring (bicyclic) bond motifs is 1. The third kappa shape index (κ3) is 4.04. The van der Waals surface area contributed by atoms with Crippen LogP contribution < -0.4 is 9.64 Å². The summed E-state index contributed by atoms with van der Waals surface area (Å²) in [6, 6.07) is 4.06. The van der Waals surface area contributed by atoms with Crippen molar-refractivity contribution in [2.45, 2.75) is 24.8 Å². The van der Waals surface area contributed by atoms with E-state index in [1.807, 2.05) is 0 Å². The molecule has 2 aliphatic rings. The second-order valence-corrected chi connectivity index (χ2v) is 6.44. The number of aliphatic hydroxyl groups is 1. The van der Waals surface area contributed by atoms with Crippen molar-refractivity contribution in [1.29, 1.82) is 0 Å². The van der Waals surface area contributed by atoms with Gasteiger partial charge in [0, 0.05) is 23.9 Å². The first-order valence-corrected chi connectivity index (χ1v) is 8.77. The molecule has 0 bridgehead atoms. The van der Waals surface area contributed by atoms with Crippen LogP contribution in [0, 0.1) is 0 Å². The van der Waals surface area contributed by atoms with Gasteiger partial charge in [0.1, 0.15) is 11.4 Å². The number of hydrogen-bond acceptors (Lipinski definition) is 7. The third-order valence-electron chi connectivity index (χ3n) is 4.59. The van der Waals surface area contributed by atoms with Gasteiger partial charge in [-0.2, -0.15) is 13.2 Å². The zero-order valence-electron chi connectivity index (χ0n) is 16.0. The quantitative estimate of drug-likeness (QED) is 0.746. The number of ether oxygens (including phenoxy) is 3. The van der Waals surface area contributed by atoms with E-state index in [2.05, 4.69) is 0 Å². The topological polar surface area (TPSA) is 85.3 Å². The fraction of sp³-hybridized carbons (Fsp3) is 0.300. The molecule has 2 unspecified atom stereocenters. The number of benzene rings is 1. The molecule has 0 aromatic heterocycles. The molecule has 0 radical (unpaired) electrons. The average molecular weight is 425 g/mol. The van der Waals surface area contributed by atoms with Gasteiger partial charge < -0.3 is 24.2 Å². The second kappa shape index (κ2) is 8.23. The number of hydrogen-bond donors (Lipinski definition) is 1. The molecule has 1 aromatic rings. The minimum absolute atomic E-state index is 0.0824. The number of methoxy groups -OCH3 is 2. The molecule has 0 fully saturated rings. The van der Waals surface area contributed by atoms with Gasteiger partial charge in [0.05, 0.1) is 25.9 Å². The van der Waals surface area contributed by atoms with Gasteiger partial charge in [-0.15, -0.1) is 0 Å². The number of carbonyl (C=O) groups is 2. The van der Waals surface area contributed by atoms with Crippen LogP contribution in [-0.4, -0.2) is 43.5 Å². The van der Waals surface area contributed by atoms with Gasteiger partial charge in [0.2, 0.25) is 0 Å². The molecule has 2 atom stereocenters. The van der Waals surface area contributed by atoms with E-state index < -0.39 is 36.7 Å². The predicted molar refractivity (Wildman–Crippen MR) is 98.3 cm³/mol. The zero-order chi connectivity index (χ0) is 22.1. The molecule has 0 saturated carbocycles. The van der Waals surface area contributed by atoms with Crippen LogP contribution in [0.2, 0.25) is 0 Å². The van der Waals surface area contributed by atoms with Crippen molar-refractivity contribution in [3.8, 4) is 5.75 Å². The lowest BCUT2D eigenvalue weighted by molar-refractivity contribution is -0.207. The minimum Gasteiger partial charge on any atom is -0.480 e. The first kappa shape index (κ1) is 21.4. The molecule has 160 valence electrons. The van der Waals surface area contributed by atoms with Crippen LogP contribution in [0.25, 0.3) is 0 Å². The maximum Gasteiger partial charge on any atom is 0.425 e. The summed E-state index contributed by atoms with van der Waals surface area (Å²) in [6.07, 6.45) is -2.93. The molecule has 1 aromatic carbocycles. The number of anilines is 1. The molecule has 7 nitrogen and oxygen atoms in total. The van der Waals surface area contributed by atoms with Crippen LogP contribution in [0.15, 0.2) is 53.9 Å². The highest BCUT2D eigenvalue weighted by Crippen LogP contribution is 2.42. The highest BCUT2D eigenvalue weighted by atomic mass is 19.4. The lowest BCUT2D eigenvalue weighted by Crippen LogP contribution is -2.38. The zero-order valence-corrected chi connectivity index (χ0v) is 16.0. The lowest BCUT2D eigenvalue weighted by Gasteiger charge is -2.32. The number of rotatable bonds is 3. The average Bonchev–Trinajstić information content (AvgIpc) is 2.94. The third-order valence-corrected chi connectivity index (χ3v) is 4.59. The molecule has 2 aliphatic heterocycles. The Balaban J connectivity index is 2.07. The standard InChI is InChI=1S/C20H18F3NO6/c1-28-18(26)12-5-3-4-8-24(17(12)19(27)29-2)11-6-7-15-13(9-11)14(25)10-16(30-15)20(21,22)23/h3-9,14,16,25H,10H2,1-2H3. The van der Waals surface area contributed by atoms with Crippen molar-refractivity contribution >= 4 is 17.6 Å². The molecule has 0 spiro atoms. The summed E-state index contributed by atoms with van der Waals surface area (Å²) in [5, 5.41) is 10.3. The SMILES string of the molecule is COC(=O)C1=C(C(=O)OC)N(c2ccc3c(c2)C(O)CC(C(F)(F)F)O3)C=CC=C1. The number of alkyl halides is 3. The summed E-state index contributed by atoms with van der Waals surface area (Å²) < 4.78 is 53.5. The highest BCUT2D eigenvalue weighted by Gasteiger charge is 2.46. The Labute approximate surface area is 169 Å². The Bertz CT molecular complexity index is 950. The number of halogens is 3. The number of nitrogens with zero attached hydrogens (tertiary/aromatic N) is 1. The highest BCUT2D eigenvalue weighted by molar-refractivity contribution is 6.05. The summed E-state index contributed by atoms with van der Waals surface area (Å²) in [6.45, 7) is 0. The Morgan fingerprint density at radius 1 is 1.17 bits per heavy atom. The van der Waals surface area contributed by atoms with E-state index in [1.54, 1.807) is 6.08 Å². The van der Waals surface area contributed by atoms with Crippen LogP contribution in [0.5, 0.6) is 5.75 Å². The maximum absolute atomic E-state index is 13.0. The fourth-order valence-electron chi connectivity index (χ4n) is 3.15. The molecular weight excluding hydrogens is 407 g/mol. The smallest absolute Gasteiger partial charge is 0.425 e. The van der Waals surface area contributed by atoms with Gasteiger partial charge in [-0.1, -0.05) is 6.08 Å². The molecule has 0 saturated heterocycles. The van der Waals surface area contributed by atoms with E-state index in [0.29, 0.717) is 5.69 Å². The molecular formula is C20H18F3NO6. The van der Waals surface area contributed by atoms with Crippen LogP contribution >= 0.6 is 0 Å². The summed E-state index contributed by atoms with van der Waals surface area (Å²) in [5.74, 6) is -1.73. The Hall–Kier alpha value is -3.27. The largest absolute Gasteiger partial charge is 0.480 e. The minimum atomic E-state index is -4.62.